The fourth-order valence-electron chi connectivity index (χ4n) is 1.78. The Morgan fingerprint density at radius 2 is 2.19 bits per heavy atom. The van der Waals surface area contributed by atoms with Crippen molar-refractivity contribution in [2.24, 2.45) is 7.05 Å². The maximum atomic E-state index is 10.7. The first-order valence-corrected chi connectivity index (χ1v) is 5.05. The van der Waals surface area contributed by atoms with Gasteiger partial charge < -0.3 is 14.8 Å². The largest absolute Gasteiger partial charge is 0.479 e. The van der Waals surface area contributed by atoms with Crippen LogP contribution in [0, 0.1) is 0 Å². The Morgan fingerprint density at radius 1 is 1.50 bits per heavy atom. The molecule has 1 atom stereocenters. The van der Waals surface area contributed by atoms with E-state index in [1.165, 1.54) is 0 Å². The molecule has 0 saturated heterocycles. The second-order valence-corrected chi connectivity index (χ2v) is 3.95. The van der Waals surface area contributed by atoms with E-state index in [9.17, 15) is 9.90 Å². The minimum absolute atomic E-state index is 0.315. The lowest BCUT2D eigenvalue weighted by Crippen LogP contribution is -2.13. The summed E-state index contributed by atoms with van der Waals surface area (Å²) in [5, 5.41) is 19.6. The third-order valence-electron chi connectivity index (χ3n) is 2.56. The van der Waals surface area contributed by atoms with Crippen LogP contribution in [0.4, 0.5) is 0 Å². The van der Waals surface area contributed by atoms with Gasteiger partial charge in [0.25, 0.3) is 0 Å². The molecule has 84 valence electrons. The number of carboxylic acids is 1. The first-order valence-electron chi connectivity index (χ1n) is 4.67. The summed E-state index contributed by atoms with van der Waals surface area (Å²) in [5.41, 5.74) is 1.04. The molecule has 4 nitrogen and oxygen atoms in total. The number of carbonyl (C=O) groups is 1. The third-order valence-corrected chi connectivity index (χ3v) is 2.86. The molecule has 0 aliphatic carbocycles. The Morgan fingerprint density at radius 3 is 2.75 bits per heavy atom. The zero-order chi connectivity index (χ0) is 11.9. The Balaban J connectivity index is 2.70. The highest BCUT2D eigenvalue weighted by Crippen LogP contribution is 2.28. The molecule has 0 aliphatic heterocycles. The molecular formula is C11H10ClNO3. The van der Waals surface area contributed by atoms with Crippen LogP contribution in [0.15, 0.2) is 24.3 Å². The van der Waals surface area contributed by atoms with Gasteiger partial charge in [0.1, 0.15) is 0 Å². The van der Waals surface area contributed by atoms with Crippen molar-refractivity contribution < 1.29 is 15.0 Å². The Hall–Kier alpha value is -1.52. The molecule has 0 aliphatic rings. The van der Waals surface area contributed by atoms with Crippen molar-refractivity contribution in [2.75, 3.05) is 0 Å². The molecule has 2 rings (SSSR count). The summed E-state index contributed by atoms with van der Waals surface area (Å²) in [5.74, 6) is -1.28. The number of aromatic nitrogens is 1. The molecule has 0 spiro atoms. The van der Waals surface area contributed by atoms with Gasteiger partial charge in [-0.25, -0.2) is 4.79 Å². The molecule has 0 fully saturated rings. The number of nitrogens with zero attached hydrogens (tertiary/aromatic N) is 1. The summed E-state index contributed by atoms with van der Waals surface area (Å²) in [6, 6.07) is 6.95. The van der Waals surface area contributed by atoms with Gasteiger partial charge in [0, 0.05) is 12.4 Å². The van der Waals surface area contributed by atoms with E-state index in [-0.39, 0.29) is 0 Å². The lowest BCUT2D eigenvalue weighted by molar-refractivity contribution is -0.147. The zero-order valence-electron chi connectivity index (χ0n) is 8.51. The number of fused-ring (bicyclic) bond motifs is 1. The first kappa shape index (κ1) is 11.0. The number of carboxylic acid groups (broad SMARTS) is 1. The van der Waals surface area contributed by atoms with Crippen molar-refractivity contribution >= 4 is 28.5 Å². The van der Waals surface area contributed by atoms with Crippen LogP contribution in [-0.4, -0.2) is 20.7 Å². The van der Waals surface area contributed by atoms with E-state index in [4.69, 9.17) is 16.7 Å². The van der Waals surface area contributed by atoms with Gasteiger partial charge in [-0.2, -0.15) is 0 Å². The van der Waals surface area contributed by atoms with Crippen LogP contribution < -0.4 is 0 Å². The van der Waals surface area contributed by atoms with Gasteiger partial charge in [0.05, 0.1) is 16.2 Å². The predicted molar refractivity (Wildman–Crippen MR) is 60.5 cm³/mol. The van der Waals surface area contributed by atoms with Crippen molar-refractivity contribution in [1.29, 1.82) is 0 Å². The highest BCUT2D eigenvalue weighted by molar-refractivity contribution is 6.35. The number of rotatable bonds is 2. The SMILES string of the molecule is Cn1c(C(O)C(=O)O)cc2cccc(Cl)c21. The molecule has 1 heterocycles. The number of hydrogen-bond donors (Lipinski definition) is 2. The number of aryl methyl sites for hydroxylation is 1. The van der Waals surface area contributed by atoms with E-state index >= 15 is 0 Å². The highest BCUT2D eigenvalue weighted by Gasteiger charge is 2.21. The van der Waals surface area contributed by atoms with E-state index in [2.05, 4.69) is 0 Å². The number of benzene rings is 1. The van der Waals surface area contributed by atoms with Crippen LogP contribution in [0.5, 0.6) is 0 Å². The minimum Gasteiger partial charge on any atom is -0.479 e. The van der Waals surface area contributed by atoms with Crippen molar-refractivity contribution in [3.63, 3.8) is 0 Å². The fourth-order valence-corrected chi connectivity index (χ4v) is 2.09. The maximum Gasteiger partial charge on any atom is 0.338 e. The lowest BCUT2D eigenvalue weighted by atomic mass is 10.2. The van der Waals surface area contributed by atoms with E-state index < -0.39 is 12.1 Å². The van der Waals surface area contributed by atoms with Crippen molar-refractivity contribution in [1.82, 2.24) is 4.57 Å². The summed E-state index contributed by atoms with van der Waals surface area (Å²) in [4.78, 5) is 10.7. The van der Waals surface area contributed by atoms with Crippen molar-refractivity contribution in [3.8, 4) is 0 Å². The average Bonchev–Trinajstić information content (AvgIpc) is 2.56. The molecule has 1 aromatic carbocycles. The van der Waals surface area contributed by atoms with Gasteiger partial charge in [-0.05, 0) is 12.1 Å². The molecule has 16 heavy (non-hydrogen) atoms. The monoisotopic (exact) mass is 239 g/mol. The Kier molecular flexibility index (Phi) is 2.61. The zero-order valence-corrected chi connectivity index (χ0v) is 9.27. The number of para-hydroxylation sites is 1. The van der Waals surface area contributed by atoms with Crippen LogP contribution in [0.2, 0.25) is 5.02 Å². The number of aliphatic hydroxyl groups is 1. The van der Waals surface area contributed by atoms with Gasteiger partial charge in [0.2, 0.25) is 0 Å². The van der Waals surface area contributed by atoms with Gasteiger partial charge >= 0.3 is 5.97 Å². The van der Waals surface area contributed by atoms with E-state index in [0.717, 1.165) is 10.9 Å². The summed E-state index contributed by atoms with van der Waals surface area (Å²) in [6.07, 6.45) is -1.53. The average molecular weight is 240 g/mol. The van der Waals surface area contributed by atoms with Crippen LogP contribution in [0.3, 0.4) is 0 Å². The van der Waals surface area contributed by atoms with Crippen molar-refractivity contribution in [3.05, 3.63) is 35.0 Å². The summed E-state index contributed by atoms with van der Waals surface area (Å²) in [6.45, 7) is 0. The van der Waals surface area contributed by atoms with Crippen LogP contribution >= 0.6 is 11.6 Å². The number of aliphatic hydroxyl groups excluding tert-OH is 1. The first-order chi connectivity index (χ1) is 7.52. The quantitative estimate of drug-likeness (QED) is 0.842. The topological polar surface area (TPSA) is 62.5 Å². The molecule has 2 aromatic rings. The summed E-state index contributed by atoms with van der Waals surface area (Å²) < 4.78 is 1.59. The fraction of sp³-hybridized carbons (Fsp3) is 0.182. The second kappa shape index (κ2) is 3.81. The van der Waals surface area contributed by atoms with E-state index in [1.807, 2.05) is 6.07 Å². The molecule has 0 bridgehead atoms. The van der Waals surface area contributed by atoms with Gasteiger partial charge in [0.15, 0.2) is 6.10 Å². The molecule has 1 aromatic heterocycles. The predicted octanol–water partition coefficient (Wildman–Crippen LogP) is 1.95. The molecule has 0 radical (unpaired) electrons. The molecular weight excluding hydrogens is 230 g/mol. The van der Waals surface area contributed by atoms with E-state index in [0.29, 0.717) is 10.7 Å². The lowest BCUT2D eigenvalue weighted by Gasteiger charge is -2.07. The van der Waals surface area contributed by atoms with Crippen LogP contribution in [-0.2, 0) is 11.8 Å². The van der Waals surface area contributed by atoms with Crippen LogP contribution in [0.1, 0.15) is 11.8 Å². The minimum atomic E-state index is -1.53. The third kappa shape index (κ3) is 1.56. The Labute approximate surface area is 96.7 Å². The second-order valence-electron chi connectivity index (χ2n) is 3.55. The summed E-state index contributed by atoms with van der Waals surface area (Å²) in [7, 11) is 1.68. The van der Waals surface area contributed by atoms with E-state index in [1.54, 1.807) is 29.8 Å². The maximum absolute atomic E-state index is 10.7. The standard InChI is InChI=1S/C11H10ClNO3/c1-13-8(10(14)11(15)16)5-6-3-2-4-7(12)9(6)13/h2-5,10,14H,1H3,(H,15,16). The van der Waals surface area contributed by atoms with Crippen LogP contribution in [0.25, 0.3) is 10.9 Å². The smallest absolute Gasteiger partial charge is 0.338 e. The summed E-state index contributed by atoms with van der Waals surface area (Å²) >= 11 is 6.01. The molecule has 0 saturated carbocycles. The molecule has 0 amide bonds. The molecule has 1 unspecified atom stereocenters. The number of hydrogen-bond acceptors (Lipinski definition) is 2. The number of aliphatic carboxylic acids is 1. The number of halogens is 1. The van der Waals surface area contributed by atoms with Crippen molar-refractivity contribution in [2.45, 2.75) is 6.10 Å². The molecule has 2 N–H and O–H groups in total. The highest BCUT2D eigenvalue weighted by atomic mass is 35.5. The van der Waals surface area contributed by atoms with Gasteiger partial charge in [-0.3, -0.25) is 0 Å². The van der Waals surface area contributed by atoms with Gasteiger partial charge in [-0.1, -0.05) is 23.7 Å². The molecule has 5 heteroatoms. The normalized spacial score (nSPS) is 12.9. The Bertz CT molecular complexity index is 562. The van der Waals surface area contributed by atoms with Gasteiger partial charge in [-0.15, -0.1) is 0 Å².